The summed E-state index contributed by atoms with van der Waals surface area (Å²) in [6.07, 6.45) is 0. The lowest BCUT2D eigenvalue weighted by Gasteiger charge is -2.19. The Bertz CT molecular complexity index is 1180. The first-order valence-electron chi connectivity index (χ1n) is 9.66. The Morgan fingerprint density at radius 2 is 1.61 bits per heavy atom. The maximum Gasteiger partial charge on any atom is 0.262 e. The molecule has 3 aromatic rings. The van der Waals surface area contributed by atoms with Gasteiger partial charge in [0, 0.05) is 5.69 Å². The van der Waals surface area contributed by atoms with Crippen LogP contribution in [0.25, 0.3) is 0 Å². The first-order valence-corrected chi connectivity index (χ1v) is 11.1. The molecule has 0 aliphatic heterocycles. The van der Waals surface area contributed by atoms with Crippen molar-refractivity contribution in [2.45, 2.75) is 38.0 Å². The highest BCUT2D eigenvalue weighted by molar-refractivity contribution is 7.92. The normalized spacial score (nSPS) is 11.8. The molecule has 31 heavy (non-hydrogen) atoms. The number of para-hydroxylation sites is 2. The molecule has 0 radical (unpaired) electrons. The maximum absolute atomic E-state index is 13.0. The van der Waals surface area contributed by atoms with Gasteiger partial charge in [-0.1, -0.05) is 45.0 Å². The third kappa shape index (κ3) is 5.08. The van der Waals surface area contributed by atoms with Gasteiger partial charge in [-0.25, -0.2) is 13.4 Å². The summed E-state index contributed by atoms with van der Waals surface area (Å²) < 4.78 is 39.6. The summed E-state index contributed by atoms with van der Waals surface area (Å²) in [7, 11) is -2.45. The first kappa shape index (κ1) is 22.4. The van der Waals surface area contributed by atoms with E-state index >= 15 is 0 Å². The molecule has 3 rings (SSSR count). The van der Waals surface area contributed by atoms with Crippen LogP contribution in [-0.2, 0) is 15.4 Å². The smallest absolute Gasteiger partial charge is 0.262 e. The zero-order chi connectivity index (χ0) is 22.8. The largest absolute Gasteiger partial charge is 0.493 e. The number of sulfonamides is 1. The Balaban J connectivity index is 1.99. The van der Waals surface area contributed by atoms with E-state index in [-0.39, 0.29) is 21.7 Å². The number of aromatic hydroxyl groups is 1. The second-order valence-corrected chi connectivity index (χ2v) is 9.78. The molecular formula is C23H26N2O5S. The van der Waals surface area contributed by atoms with Crippen LogP contribution in [-0.4, -0.2) is 25.6 Å². The van der Waals surface area contributed by atoms with Crippen LogP contribution in [0.5, 0.6) is 23.1 Å². The molecule has 0 saturated heterocycles. The lowest BCUT2D eigenvalue weighted by molar-refractivity contribution is 0.362. The monoisotopic (exact) mass is 442 g/mol. The van der Waals surface area contributed by atoms with Gasteiger partial charge in [0.05, 0.1) is 17.7 Å². The van der Waals surface area contributed by atoms with Crippen LogP contribution >= 0.6 is 0 Å². The third-order valence-electron chi connectivity index (χ3n) is 4.64. The van der Waals surface area contributed by atoms with Crippen molar-refractivity contribution in [3.05, 3.63) is 65.9 Å². The lowest BCUT2D eigenvalue weighted by atomic mass is 9.87. The second kappa shape index (κ2) is 8.47. The van der Waals surface area contributed by atoms with Gasteiger partial charge in [0.1, 0.15) is 0 Å². The number of nitrogens with one attached hydrogen (secondary N) is 1. The van der Waals surface area contributed by atoms with Crippen molar-refractivity contribution in [3.8, 4) is 23.1 Å². The molecule has 0 saturated carbocycles. The molecule has 8 heteroatoms. The van der Waals surface area contributed by atoms with Crippen LogP contribution in [0.3, 0.4) is 0 Å². The van der Waals surface area contributed by atoms with Crippen LogP contribution in [0.15, 0.2) is 59.5 Å². The van der Waals surface area contributed by atoms with E-state index < -0.39 is 15.9 Å². The van der Waals surface area contributed by atoms with Crippen LogP contribution < -0.4 is 14.2 Å². The number of hydrogen-bond acceptors (Lipinski definition) is 6. The van der Waals surface area contributed by atoms with Crippen LogP contribution in [0, 0.1) is 6.92 Å². The van der Waals surface area contributed by atoms with Crippen LogP contribution in [0.4, 0.5) is 5.69 Å². The first-order chi connectivity index (χ1) is 14.5. The summed E-state index contributed by atoms with van der Waals surface area (Å²) in [5.74, 6) is 0.173. The molecular weight excluding hydrogens is 416 g/mol. The van der Waals surface area contributed by atoms with Crippen LogP contribution in [0.2, 0.25) is 0 Å². The standard InChI is InChI=1S/C23H26N2O5S/c1-15-14-18(21(22(26)24-15)30-20-9-7-6-8-19(20)29-5)25-31(27,28)17-12-10-16(11-13-17)23(2,3)4/h6-14H,1-5H3,(H2,24,25,26). The summed E-state index contributed by atoms with van der Waals surface area (Å²) in [5, 5.41) is 10.4. The highest BCUT2D eigenvalue weighted by Crippen LogP contribution is 2.41. The maximum atomic E-state index is 13.0. The molecule has 0 spiro atoms. The van der Waals surface area contributed by atoms with Gasteiger partial charge in [-0.3, -0.25) is 4.72 Å². The quantitative estimate of drug-likeness (QED) is 0.558. The highest BCUT2D eigenvalue weighted by Gasteiger charge is 2.22. The molecule has 2 N–H and O–H groups in total. The molecule has 1 heterocycles. The van der Waals surface area contributed by atoms with E-state index in [4.69, 9.17) is 9.47 Å². The predicted octanol–water partition coefficient (Wildman–Crippen LogP) is 4.99. The number of aryl methyl sites for hydroxylation is 1. The fourth-order valence-electron chi connectivity index (χ4n) is 2.97. The van der Waals surface area contributed by atoms with E-state index in [9.17, 15) is 13.5 Å². The van der Waals surface area contributed by atoms with Crippen molar-refractivity contribution >= 4 is 15.7 Å². The molecule has 164 valence electrons. The number of benzene rings is 2. The summed E-state index contributed by atoms with van der Waals surface area (Å²) in [6.45, 7) is 7.80. The zero-order valence-corrected chi connectivity index (χ0v) is 18.9. The van der Waals surface area contributed by atoms with Crippen molar-refractivity contribution in [1.82, 2.24) is 4.98 Å². The van der Waals surface area contributed by atoms with E-state index in [2.05, 4.69) is 30.5 Å². The molecule has 7 nitrogen and oxygen atoms in total. The van der Waals surface area contributed by atoms with Crippen LogP contribution in [0.1, 0.15) is 32.0 Å². The summed E-state index contributed by atoms with van der Waals surface area (Å²) in [4.78, 5) is 4.08. The number of hydrogen-bond donors (Lipinski definition) is 2. The minimum atomic E-state index is -3.94. The summed E-state index contributed by atoms with van der Waals surface area (Å²) in [5.41, 5.74) is 1.41. The Hall–Kier alpha value is -3.26. The van der Waals surface area contributed by atoms with Gasteiger partial charge in [0.2, 0.25) is 5.75 Å². The number of rotatable bonds is 6. The van der Waals surface area contributed by atoms with E-state index in [1.54, 1.807) is 55.5 Å². The number of nitrogens with zero attached hydrogens (tertiary/aromatic N) is 1. The number of methoxy groups -OCH3 is 1. The van der Waals surface area contributed by atoms with Crippen molar-refractivity contribution in [2.24, 2.45) is 0 Å². The topological polar surface area (TPSA) is 97.8 Å². The molecule has 0 aliphatic carbocycles. The second-order valence-electron chi connectivity index (χ2n) is 8.10. The molecule has 1 aromatic heterocycles. The van der Waals surface area contributed by atoms with Gasteiger partial charge < -0.3 is 14.6 Å². The molecule has 0 fully saturated rings. The van der Waals surface area contributed by atoms with Crippen molar-refractivity contribution in [2.75, 3.05) is 11.8 Å². The SMILES string of the molecule is COc1ccccc1Oc1c(NS(=O)(=O)c2ccc(C(C)(C)C)cc2)cc(C)nc1O. The molecule has 0 bridgehead atoms. The average Bonchev–Trinajstić information content (AvgIpc) is 2.70. The van der Waals surface area contributed by atoms with Gasteiger partial charge >= 0.3 is 0 Å². The highest BCUT2D eigenvalue weighted by atomic mass is 32.2. The van der Waals surface area contributed by atoms with E-state index in [1.807, 2.05) is 0 Å². The predicted molar refractivity (Wildman–Crippen MR) is 120 cm³/mol. The molecule has 0 unspecified atom stereocenters. The summed E-state index contributed by atoms with van der Waals surface area (Å²) >= 11 is 0. The Kier molecular flexibility index (Phi) is 6.13. The number of aromatic nitrogens is 1. The van der Waals surface area contributed by atoms with Crippen molar-refractivity contribution < 1.29 is 23.0 Å². The zero-order valence-electron chi connectivity index (χ0n) is 18.1. The third-order valence-corrected chi connectivity index (χ3v) is 6.02. The number of pyridine rings is 1. The average molecular weight is 443 g/mol. The van der Waals surface area contributed by atoms with E-state index in [0.29, 0.717) is 17.2 Å². The Labute approximate surface area is 182 Å². The van der Waals surface area contributed by atoms with Gasteiger partial charge in [-0.05, 0) is 48.2 Å². The molecule has 0 aliphatic rings. The van der Waals surface area contributed by atoms with Crippen molar-refractivity contribution in [3.63, 3.8) is 0 Å². The minimum absolute atomic E-state index is 0.0656. The van der Waals surface area contributed by atoms with Gasteiger partial charge in [0.15, 0.2) is 11.5 Å². The van der Waals surface area contributed by atoms with Gasteiger partial charge in [0.25, 0.3) is 15.9 Å². The van der Waals surface area contributed by atoms with Gasteiger partial charge in [-0.2, -0.15) is 0 Å². The van der Waals surface area contributed by atoms with E-state index in [0.717, 1.165) is 5.56 Å². The fourth-order valence-corrected chi connectivity index (χ4v) is 4.03. The lowest BCUT2D eigenvalue weighted by Crippen LogP contribution is -2.15. The van der Waals surface area contributed by atoms with Crippen molar-refractivity contribution in [1.29, 1.82) is 0 Å². The molecule has 2 aromatic carbocycles. The Morgan fingerprint density at radius 3 is 2.19 bits per heavy atom. The van der Waals surface area contributed by atoms with Gasteiger partial charge in [-0.15, -0.1) is 0 Å². The van der Waals surface area contributed by atoms with E-state index in [1.165, 1.54) is 13.2 Å². The number of anilines is 1. The fraction of sp³-hybridized carbons (Fsp3) is 0.261. The number of ether oxygens (including phenoxy) is 2. The summed E-state index contributed by atoms with van der Waals surface area (Å²) in [6, 6.07) is 15.0. The molecule has 0 amide bonds. The Morgan fingerprint density at radius 1 is 1.00 bits per heavy atom. The minimum Gasteiger partial charge on any atom is -0.493 e. The molecule has 0 atom stereocenters.